The van der Waals surface area contributed by atoms with Gasteiger partial charge in [-0.2, -0.15) is 31.4 Å². The summed E-state index contributed by atoms with van der Waals surface area (Å²) in [6.45, 7) is 0.602. The number of aryl methyl sites for hydroxylation is 1. The molecule has 13 heteroatoms. The summed E-state index contributed by atoms with van der Waals surface area (Å²) >= 11 is 0. The molecule has 0 amide bonds. The number of anilines is 1. The van der Waals surface area contributed by atoms with Gasteiger partial charge in [-0.1, -0.05) is 0 Å². The Labute approximate surface area is 203 Å². The van der Waals surface area contributed by atoms with E-state index >= 15 is 0 Å². The summed E-state index contributed by atoms with van der Waals surface area (Å²) in [5, 5.41) is 7.36. The molecule has 1 aliphatic rings. The summed E-state index contributed by atoms with van der Waals surface area (Å²) in [5.74, 6) is 0.193. The Morgan fingerprint density at radius 1 is 1.00 bits per heavy atom. The zero-order valence-corrected chi connectivity index (χ0v) is 19.4. The molecule has 1 aromatic carbocycles. The molecule has 0 spiro atoms. The van der Waals surface area contributed by atoms with Crippen molar-refractivity contribution in [3.63, 3.8) is 0 Å². The standard InChI is InChI=1S/C23H24F6N6O/c1-34-12-16(9-33-34)15-7-31-21(32-8-15)35(20-6-19(13-36-2)30-10-20)11-14-3-17(22(24,25)26)5-18(4-14)23(27,28)29/h3-5,7-9,12,19-20,30H,6,10-11,13H2,1-2H3/t19-,20-/m0/s1. The Morgan fingerprint density at radius 3 is 2.17 bits per heavy atom. The normalized spacial score (nSPS) is 18.6. The van der Waals surface area contributed by atoms with Gasteiger partial charge in [-0.25, -0.2) is 9.97 Å². The summed E-state index contributed by atoms with van der Waals surface area (Å²) in [5.41, 5.74) is -1.42. The number of nitrogens with zero attached hydrogens (tertiary/aromatic N) is 5. The van der Waals surface area contributed by atoms with E-state index in [9.17, 15) is 26.3 Å². The summed E-state index contributed by atoms with van der Waals surface area (Å²) < 4.78 is 87.2. The summed E-state index contributed by atoms with van der Waals surface area (Å²) in [7, 11) is 3.31. The average Bonchev–Trinajstić information content (AvgIpc) is 3.46. The molecule has 1 saturated heterocycles. The molecule has 7 nitrogen and oxygen atoms in total. The fourth-order valence-electron chi connectivity index (χ4n) is 4.22. The average molecular weight is 514 g/mol. The molecule has 194 valence electrons. The van der Waals surface area contributed by atoms with Gasteiger partial charge in [0.15, 0.2) is 0 Å². The number of nitrogens with one attached hydrogen (secondary N) is 1. The Hall–Kier alpha value is -3.19. The highest BCUT2D eigenvalue weighted by Gasteiger charge is 2.38. The summed E-state index contributed by atoms with van der Waals surface area (Å²) in [6.07, 6.45) is -2.81. The number of hydrogen-bond acceptors (Lipinski definition) is 6. The van der Waals surface area contributed by atoms with E-state index < -0.39 is 23.5 Å². The van der Waals surface area contributed by atoms with Crippen LogP contribution in [0.5, 0.6) is 0 Å². The van der Waals surface area contributed by atoms with Gasteiger partial charge in [0.05, 0.1) is 23.9 Å². The van der Waals surface area contributed by atoms with Gasteiger partial charge in [0, 0.05) is 69.0 Å². The number of hydrogen-bond donors (Lipinski definition) is 1. The molecule has 0 aliphatic carbocycles. The van der Waals surface area contributed by atoms with Crippen LogP contribution in [0.25, 0.3) is 11.1 Å². The molecule has 0 bridgehead atoms. The molecule has 1 fully saturated rings. The van der Waals surface area contributed by atoms with Crippen molar-refractivity contribution in [2.75, 3.05) is 25.2 Å². The SMILES string of the molecule is COC[C@@H]1C[C@H](N(Cc2cc(C(F)(F)F)cc(C(F)(F)F)c2)c2ncc(-c3cnn(C)c3)cn2)CN1. The second-order valence-corrected chi connectivity index (χ2v) is 8.67. The van der Waals surface area contributed by atoms with Crippen LogP contribution in [0.3, 0.4) is 0 Å². The van der Waals surface area contributed by atoms with E-state index in [1.54, 1.807) is 48.5 Å². The predicted molar refractivity (Wildman–Crippen MR) is 119 cm³/mol. The van der Waals surface area contributed by atoms with Crippen molar-refractivity contribution < 1.29 is 31.1 Å². The van der Waals surface area contributed by atoms with Crippen molar-refractivity contribution in [1.29, 1.82) is 0 Å². The fraction of sp³-hybridized carbons (Fsp3) is 0.435. The highest BCUT2D eigenvalue weighted by molar-refractivity contribution is 5.60. The molecule has 0 saturated carbocycles. The van der Waals surface area contributed by atoms with E-state index in [0.717, 1.165) is 17.7 Å². The van der Waals surface area contributed by atoms with Crippen LogP contribution in [0.2, 0.25) is 0 Å². The Balaban J connectivity index is 1.69. The Morgan fingerprint density at radius 2 is 1.64 bits per heavy atom. The largest absolute Gasteiger partial charge is 0.416 e. The van der Waals surface area contributed by atoms with Crippen LogP contribution in [-0.4, -0.2) is 52.1 Å². The first kappa shape index (κ1) is 25.9. The quantitative estimate of drug-likeness (QED) is 0.475. The van der Waals surface area contributed by atoms with Crippen LogP contribution in [0.15, 0.2) is 43.0 Å². The van der Waals surface area contributed by atoms with Gasteiger partial charge in [-0.3, -0.25) is 4.68 Å². The maximum Gasteiger partial charge on any atom is 0.416 e. The van der Waals surface area contributed by atoms with E-state index in [1.807, 2.05) is 0 Å². The predicted octanol–water partition coefficient (Wildman–Crippen LogP) is 4.30. The van der Waals surface area contributed by atoms with Gasteiger partial charge >= 0.3 is 12.4 Å². The van der Waals surface area contributed by atoms with Crippen molar-refractivity contribution in [3.05, 3.63) is 59.7 Å². The monoisotopic (exact) mass is 514 g/mol. The number of methoxy groups -OCH3 is 1. The van der Waals surface area contributed by atoms with Crippen LogP contribution in [0.1, 0.15) is 23.1 Å². The summed E-state index contributed by atoms with van der Waals surface area (Å²) in [4.78, 5) is 10.4. The molecular weight excluding hydrogens is 490 g/mol. The molecule has 0 unspecified atom stereocenters. The third-order valence-corrected chi connectivity index (χ3v) is 5.94. The number of alkyl halides is 6. The van der Waals surface area contributed by atoms with Crippen LogP contribution in [0.4, 0.5) is 32.3 Å². The lowest BCUT2D eigenvalue weighted by Gasteiger charge is -2.29. The van der Waals surface area contributed by atoms with E-state index in [-0.39, 0.29) is 36.2 Å². The molecule has 3 aromatic rings. The van der Waals surface area contributed by atoms with Crippen molar-refractivity contribution >= 4 is 5.95 Å². The fourth-order valence-corrected chi connectivity index (χ4v) is 4.22. The smallest absolute Gasteiger partial charge is 0.383 e. The molecule has 0 radical (unpaired) electrons. The van der Waals surface area contributed by atoms with Crippen LogP contribution in [-0.2, 0) is 30.7 Å². The zero-order chi connectivity index (χ0) is 26.1. The van der Waals surface area contributed by atoms with Crippen LogP contribution < -0.4 is 10.2 Å². The lowest BCUT2D eigenvalue weighted by molar-refractivity contribution is -0.143. The minimum Gasteiger partial charge on any atom is -0.383 e. The lowest BCUT2D eigenvalue weighted by atomic mass is 10.0. The third kappa shape index (κ3) is 5.95. The molecule has 2 aromatic heterocycles. The number of rotatable bonds is 7. The van der Waals surface area contributed by atoms with E-state index in [0.29, 0.717) is 25.1 Å². The van der Waals surface area contributed by atoms with Crippen molar-refractivity contribution in [1.82, 2.24) is 25.1 Å². The van der Waals surface area contributed by atoms with Gasteiger partial charge in [-0.15, -0.1) is 0 Å². The van der Waals surface area contributed by atoms with Gasteiger partial charge in [0.1, 0.15) is 0 Å². The lowest BCUT2D eigenvalue weighted by Crippen LogP contribution is -2.37. The summed E-state index contributed by atoms with van der Waals surface area (Å²) in [6, 6.07) is 1.30. The van der Waals surface area contributed by atoms with Gasteiger partial charge in [0.2, 0.25) is 5.95 Å². The minimum atomic E-state index is -4.93. The first-order valence-electron chi connectivity index (χ1n) is 11.0. The topological polar surface area (TPSA) is 68.1 Å². The number of aromatic nitrogens is 4. The van der Waals surface area contributed by atoms with Crippen molar-refractivity contribution in [3.8, 4) is 11.1 Å². The molecule has 36 heavy (non-hydrogen) atoms. The number of benzene rings is 1. The second kappa shape index (κ2) is 10.1. The Kier molecular flexibility index (Phi) is 7.23. The van der Waals surface area contributed by atoms with Gasteiger partial charge in [-0.05, 0) is 30.2 Å². The van der Waals surface area contributed by atoms with E-state index in [4.69, 9.17) is 4.74 Å². The zero-order valence-electron chi connectivity index (χ0n) is 19.4. The minimum absolute atomic E-state index is 0.0237. The third-order valence-electron chi connectivity index (χ3n) is 5.94. The molecule has 4 rings (SSSR count). The molecule has 1 N–H and O–H groups in total. The van der Waals surface area contributed by atoms with Crippen LogP contribution in [0, 0.1) is 0 Å². The first-order chi connectivity index (χ1) is 16.9. The van der Waals surface area contributed by atoms with Crippen molar-refractivity contribution in [2.45, 2.75) is 37.4 Å². The van der Waals surface area contributed by atoms with E-state index in [2.05, 4.69) is 20.4 Å². The maximum absolute atomic E-state index is 13.4. The van der Waals surface area contributed by atoms with Crippen LogP contribution >= 0.6 is 0 Å². The second-order valence-electron chi connectivity index (χ2n) is 8.67. The molecule has 3 heterocycles. The van der Waals surface area contributed by atoms with E-state index in [1.165, 1.54) is 0 Å². The highest BCUT2D eigenvalue weighted by Crippen LogP contribution is 2.37. The highest BCUT2D eigenvalue weighted by atomic mass is 19.4. The van der Waals surface area contributed by atoms with Gasteiger partial charge < -0.3 is 15.0 Å². The Bertz CT molecular complexity index is 1140. The van der Waals surface area contributed by atoms with Gasteiger partial charge in [0.25, 0.3) is 0 Å². The van der Waals surface area contributed by atoms with Crippen molar-refractivity contribution in [2.24, 2.45) is 7.05 Å². The molecular formula is C23H24F6N6O. The number of halogens is 6. The first-order valence-corrected chi connectivity index (χ1v) is 11.0. The number of ether oxygens (including phenoxy) is 1. The molecule has 1 aliphatic heterocycles. The maximum atomic E-state index is 13.4. The molecule has 2 atom stereocenters.